The van der Waals surface area contributed by atoms with Crippen molar-refractivity contribution in [1.29, 1.82) is 0 Å². The summed E-state index contributed by atoms with van der Waals surface area (Å²) in [6.45, 7) is 4.78. The summed E-state index contributed by atoms with van der Waals surface area (Å²) in [5.74, 6) is -0.184. The standard InChI is InChI=1S/C17H22ClN3O3/c1-10(2)19-16(22)14-7-13-8-21(9-15(14)24-13)17(23)20-12-5-3-4-11(18)6-12/h3-6,10,13-15H,7-9H2,1-2H3,(H,19,22)(H,20,23)/t13-,14+,15-/m0/s1. The van der Waals surface area contributed by atoms with Crippen LogP contribution in [0.15, 0.2) is 24.3 Å². The Morgan fingerprint density at radius 3 is 2.83 bits per heavy atom. The molecular formula is C17H22ClN3O3. The Morgan fingerprint density at radius 2 is 2.12 bits per heavy atom. The number of nitrogens with zero attached hydrogens (tertiary/aromatic N) is 1. The van der Waals surface area contributed by atoms with Gasteiger partial charge in [0, 0.05) is 29.8 Å². The third-order valence-electron chi connectivity index (χ3n) is 4.29. The van der Waals surface area contributed by atoms with E-state index >= 15 is 0 Å². The number of likely N-dealkylation sites (tertiary alicyclic amines) is 1. The van der Waals surface area contributed by atoms with Crippen molar-refractivity contribution in [3.63, 3.8) is 0 Å². The molecular weight excluding hydrogens is 330 g/mol. The molecule has 2 aliphatic rings. The highest BCUT2D eigenvalue weighted by atomic mass is 35.5. The minimum atomic E-state index is -0.243. The SMILES string of the molecule is CC(C)NC(=O)[C@@H]1C[C@H]2CN(C(=O)Nc3cccc(Cl)c3)C[C@@H]1O2. The third-order valence-corrected chi connectivity index (χ3v) is 4.52. The summed E-state index contributed by atoms with van der Waals surface area (Å²) in [6, 6.07) is 6.93. The highest BCUT2D eigenvalue weighted by Gasteiger charge is 2.45. The van der Waals surface area contributed by atoms with Crippen molar-refractivity contribution in [3.05, 3.63) is 29.3 Å². The monoisotopic (exact) mass is 351 g/mol. The van der Waals surface area contributed by atoms with Crippen LogP contribution in [0.5, 0.6) is 0 Å². The van der Waals surface area contributed by atoms with E-state index in [0.29, 0.717) is 30.2 Å². The summed E-state index contributed by atoms with van der Waals surface area (Å²) in [7, 11) is 0. The van der Waals surface area contributed by atoms with Gasteiger partial charge in [-0.3, -0.25) is 4.79 Å². The van der Waals surface area contributed by atoms with Crippen molar-refractivity contribution >= 4 is 29.2 Å². The fourth-order valence-electron chi connectivity index (χ4n) is 3.26. The van der Waals surface area contributed by atoms with Crippen LogP contribution in [-0.4, -0.2) is 48.2 Å². The molecule has 0 radical (unpaired) electrons. The van der Waals surface area contributed by atoms with Crippen molar-refractivity contribution in [2.45, 2.75) is 38.5 Å². The fraction of sp³-hybridized carbons (Fsp3) is 0.529. The van der Waals surface area contributed by atoms with E-state index in [2.05, 4.69) is 10.6 Å². The van der Waals surface area contributed by atoms with E-state index < -0.39 is 0 Å². The van der Waals surface area contributed by atoms with Crippen LogP contribution in [0.1, 0.15) is 20.3 Å². The molecule has 2 aliphatic heterocycles. The molecule has 2 heterocycles. The first-order valence-electron chi connectivity index (χ1n) is 8.19. The molecule has 2 N–H and O–H groups in total. The molecule has 3 atom stereocenters. The Labute approximate surface area is 146 Å². The quantitative estimate of drug-likeness (QED) is 0.879. The summed E-state index contributed by atoms with van der Waals surface area (Å²) in [6.07, 6.45) is 0.328. The number of carbonyl (C=O) groups is 2. The second kappa shape index (κ2) is 6.99. The maximum absolute atomic E-state index is 12.5. The summed E-state index contributed by atoms with van der Waals surface area (Å²) in [5.41, 5.74) is 0.653. The number of urea groups is 1. The predicted molar refractivity (Wildman–Crippen MR) is 92.1 cm³/mol. The van der Waals surface area contributed by atoms with Gasteiger partial charge < -0.3 is 20.3 Å². The van der Waals surface area contributed by atoms with E-state index in [9.17, 15) is 9.59 Å². The molecule has 1 aromatic carbocycles. The van der Waals surface area contributed by atoms with Gasteiger partial charge in [0.1, 0.15) is 0 Å². The van der Waals surface area contributed by atoms with Gasteiger partial charge in [-0.05, 0) is 38.5 Å². The number of morpholine rings is 1. The van der Waals surface area contributed by atoms with Crippen LogP contribution >= 0.6 is 11.6 Å². The van der Waals surface area contributed by atoms with Crippen molar-refractivity contribution in [1.82, 2.24) is 10.2 Å². The van der Waals surface area contributed by atoms with Crippen molar-refractivity contribution in [3.8, 4) is 0 Å². The molecule has 6 nitrogen and oxygen atoms in total. The van der Waals surface area contributed by atoms with Gasteiger partial charge in [-0.1, -0.05) is 17.7 Å². The minimum Gasteiger partial charge on any atom is -0.370 e. The van der Waals surface area contributed by atoms with Crippen molar-refractivity contribution in [2.75, 3.05) is 18.4 Å². The van der Waals surface area contributed by atoms with E-state index in [4.69, 9.17) is 16.3 Å². The van der Waals surface area contributed by atoms with Gasteiger partial charge in [-0.2, -0.15) is 0 Å². The molecule has 0 aliphatic carbocycles. The molecule has 0 unspecified atom stereocenters. The maximum Gasteiger partial charge on any atom is 0.322 e. The van der Waals surface area contributed by atoms with Crippen molar-refractivity contribution < 1.29 is 14.3 Å². The Bertz CT molecular complexity index is 637. The zero-order valence-electron chi connectivity index (χ0n) is 13.8. The maximum atomic E-state index is 12.5. The first kappa shape index (κ1) is 17.0. The average Bonchev–Trinajstić information content (AvgIpc) is 2.81. The largest absolute Gasteiger partial charge is 0.370 e. The van der Waals surface area contributed by atoms with Crippen LogP contribution in [0.2, 0.25) is 5.02 Å². The number of amides is 3. The van der Waals surface area contributed by atoms with E-state index in [0.717, 1.165) is 0 Å². The summed E-state index contributed by atoms with van der Waals surface area (Å²) in [5, 5.41) is 6.35. The first-order chi connectivity index (χ1) is 11.4. The molecule has 0 spiro atoms. The van der Waals surface area contributed by atoms with Crippen LogP contribution in [0.25, 0.3) is 0 Å². The number of nitrogens with one attached hydrogen (secondary N) is 2. The summed E-state index contributed by atoms with van der Waals surface area (Å²) >= 11 is 5.94. The first-order valence-corrected chi connectivity index (χ1v) is 8.57. The molecule has 2 bridgehead atoms. The number of anilines is 1. The lowest BCUT2D eigenvalue weighted by atomic mass is 9.99. The molecule has 1 aromatic rings. The highest BCUT2D eigenvalue weighted by Crippen LogP contribution is 2.32. The number of benzene rings is 1. The van der Waals surface area contributed by atoms with Crippen molar-refractivity contribution in [2.24, 2.45) is 5.92 Å². The Balaban J connectivity index is 1.62. The predicted octanol–water partition coefficient (Wildman–Crippen LogP) is 2.49. The summed E-state index contributed by atoms with van der Waals surface area (Å²) < 4.78 is 5.86. The van der Waals surface area contributed by atoms with Gasteiger partial charge in [0.2, 0.25) is 5.91 Å². The molecule has 0 aromatic heterocycles. The lowest BCUT2D eigenvalue weighted by Crippen LogP contribution is -2.49. The van der Waals surface area contributed by atoms with Crippen LogP contribution in [-0.2, 0) is 9.53 Å². The van der Waals surface area contributed by atoms with E-state index in [1.807, 2.05) is 13.8 Å². The molecule has 130 valence electrons. The normalized spacial score (nSPS) is 25.7. The number of carbonyl (C=O) groups excluding carboxylic acids is 2. The number of fused-ring (bicyclic) bond motifs is 2. The molecule has 2 saturated heterocycles. The highest BCUT2D eigenvalue weighted by molar-refractivity contribution is 6.30. The minimum absolute atomic E-state index is 0.00889. The number of hydrogen-bond donors (Lipinski definition) is 2. The van der Waals surface area contributed by atoms with E-state index in [1.165, 1.54) is 0 Å². The van der Waals surface area contributed by atoms with Gasteiger partial charge in [0.15, 0.2) is 0 Å². The molecule has 3 rings (SSSR count). The van der Waals surface area contributed by atoms with E-state index in [-0.39, 0.29) is 36.1 Å². The second-order valence-corrected chi connectivity index (χ2v) is 7.08. The van der Waals surface area contributed by atoms with Crippen LogP contribution in [0.4, 0.5) is 10.5 Å². The number of ether oxygens (including phenoxy) is 1. The second-order valence-electron chi connectivity index (χ2n) is 6.65. The number of hydrogen-bond acceptors (Lipinski definition) is 3. The van der Waals surface area contributed by atoms with Crippen LogP contribution in [0.3, 0.4) is 0 Å². The third kappa shape index (κ3) is 3.82. The Morgan fingerprint density at radius 1 is 1.33 bits per heavy atom. The molecule has 0 saturated carbocycles. The number of rotatable bonds is 3. The lowest BCUT2D eigenvalue weighted by Gasteiger charge is -2.32. The van der Waals surface area contributed by atoms with Crippen LogP contribution < -0.4 is 10.6 Å². The zero-order valence-corrected chi connectivity index (χ0v) is 14.5. The topological polar surface area (TPSA) is 70.7 Å². The van der Waals surface area contributed by atoms with Gasteiger partial charge in [0.25, 0.3) is 0 Å². The smallest absolute Gasteiger partial charge is 0.322 e. The van der Waals surface area contributed by atoms with E-state index in [1.54, 1.807) is 29.2 Å². The molecule has 24 heavy (non-hydrogen) atoms. The molecule has 7 heteroatoms. The number of halogens is 1. The zero-order chi connectivity index (χ0) is 17.3. The molecule has 2 fully saturated rings. The Kier molecular flexibility index (Phi) is 4.96. The van der Waals surface area contributed by atoms with Crippen LogP contribution in [0, 0.1) is 5.92 Å². The van der Waals surface area contributed by atoms with Gasteiger partial charge in [0.05, 0.1) is 18.1 Å². The average molecular weight is 352 g/mol. The summed E-state index contributed by atoms with van der Waals surface area (Å²) in [4.78, 5) is 26.5. The van der Waals surface area contributed by atoms with Gasteiger partial charge >= 0.3 is 6.03 Å². The Hall–Kier alpha value is -1.79. The molecule has 3 amide bonds. The lowest BCUT2D eigenvalue weighted by molar-refractivity contribution is -0.128. The van der Waals surface area contributed by atoms with Gasteiger partial charge in [-0.15, -0.1) is 0 Å². The fourth-order valence-corrected chi connectivity index (χ4v) is 3.45. The van der Waals surface area contributed by atoms with Gasteiger partial charge in [-0.25, -0.2) is 4.79 Å².